The van der Waals surface area contributed by atoms with Crippen LogP contribution in [0.15, 0.2) is 30.9 Å². The van der Waals surface area contributed by atoms with Gasteiger partial charge in [0.05, 0.1) is 33.5 Å². The minimum Gasteiger partial charge on any atom is -0.497 e. The molecule has 2 atom stereocenters. The highest BCUT2D eigenvalue weighted by molar-refractivity contribution is 5.38. The highest BCUT2D eigenvalue weighted by atomic mass is 16.5. The van der Waals surface area contributed by atoms with Crippen LogP contribution in [-0.4, -0.2) is 56.1 Å². The molecule has 0 amide bonds. The van der Waals surface area contributed by atoms with Crippen molar-refractivity contribution in [3.63, 3.8) is 0 Å². The van der Waals surface area contributed by atoms with E-state index >= 15 is 0 Å². The third kappa shape index (κ3) is 6.91. The molecule has 0 saturated carbocycles. The smallest absolute Gasteiger partial charge is 0.122 e. The van der Waals surface area contributed by atoms with Crippen molar-refractivity contribution >= 4 is 0 Å². The van der Waals surface area contributed by atoms with Crippen LogP contribution in [0.2, 0.25) is 0 Å². The van der Waals surface area contributed by atoms with Crippen molar-refractivity contribution in [2.75, 3.05) is 34.0 Å². The van der Waals surface area contributed by atoms with Crippen molar-refractivity contribution in [3.8, 4) is 11.5 Å². The Kier molecular flexibility index (Phi) is 9.45. The van der Waals surface area contributed by atoms with Gasteiger partial charge in [-0.05, 0) is 31.0 Å². The van der Waals surface area contributed by atoms with E-state index < -0.39 is 6.10 Å². The fourth-order valence-corrected chi connectivity index (χ4v) is 2.46. The summed E-state index contributed by atoms with van der Waals surface area (Å²) in [6.45, 7) is 9.93. The molecule has 136 valence electrons. The van der Waals surface area contributed by atoms with Crippen LogP contribution in [0.3, 0.4) is 0 Å². The number of rotatable bonds is 12. The second-order valence-corrected chi connectivity index (χ2v) is 5.89. The molecule has 0 aromatic heterocycles. The number of hydrogen-bond acceptors (Lipinski definition) is 5. The van der Waals surface area contributed by atoms with E-state index in [1.165, 1.54) is 0 Å². The molecule has 0 aliphatic carbocycles. The molecule has 0 aliphatic rings. The predicted molar refractivity (Wildman–Crippen MR) is 96.7 cm³/mol. The third-order valence-corrected chi connectivity index (χ3v) is 4.00. The molecule has 0 spiro atoms. The molecular weight excluding hydrogens is 306 g/mol. The van der Waals surface area contributed by atoms with Crippen molar-refractivity contribution in [1.29, 1.82) is 0 Å². The molecule has 0 radical (unpaired) electrons. The van der Waals surface area contributed by atoms with Crippen LogP contribution in [0.5, 0.6) is 11.5 Å². The summed E-state index contributed by atoms with van der Waals surface area (Å²) in [4.78, 5) is 2.25. The standard InChI is InChI=1S/C19H31NO4/c1-6-8-24-14-17(21)13-20(15(3)7-2)12-16-9-18(22-4)11-19(10-16)23-5/h6,9-11,15,17,21H,1,7-8,12-14H2,2-5H3/t15-,17-/m1/s1. The summed E-state index contributed by atoms with van der Waals surface area (Å²) < 4.78 is 16.0. The molecule has 0 aliphatic heterocycles. The minimum atomic E-state index is -0.536. The molecule has 0 fully saturated rings. The number of benzene rings is 1. The highest BCUT2D eigenvalue weighted by Crippen LogP contribution is 2.24. The van der Waals surface area contributed by atoms with Crippen LogP contribution in [0.25, 0.3) is 0 Å². The summed E-state index contributed by atoms with van der Waals surface area (Å²) in [5.74, 6) is 1.53. The molecule has 0 heterocycles. The molecule has 0 unspecified atom stereocenters. The molecule has 0 bridgehead atoms. The zero-order chi connectivity index (χ0) is 17.9. The number of aliphatic hydroxyl groups excluding tert-OH is 1. The molecule has 1 rings (SSSR count). The van der Waals surface area contributed by atoms with Crippen LogP contribution >= 0.6 is 0 Å². The van der Waals surface area contributed by atoms with Crippen LogP contribution < -0.4 is 9.47 Å². The van der Waals surface area contributed by atoms with E-state index in [1.807, 2.05) is 18.2 Å². The number of aliphatic hydroxyl groups is 1. The maximum absolute atomic E-state index is 10.2. The normalized spacial score (nSPS) is 13.6. The largest absolute Gasteiger partial charge is 0.497 e. The lowest BCUT2D eigenvalue weighted by Crippen LogP contribution is -2.40. The summed E-state index contributed by atoms with van der Waals surface area (Å²) in [5, 5.41) is 10.2. The SMILES string of the molecule is C=CCOC[C@H](O)CN(Cc1cc(OC)cc(OC)c1)[C@H](C)CC. The van der Waals surface area contributed by atoms with Gasteiger partial charge in [-0.1, -0.05) is 13.0 Å². The lowest BCUT2D eigenvalue weighted by Gasteiger charge is -2.30. The summed E-state index contributed by atoms with van der Waals surface area (Å²) >= 11 is 0. The van der Waals surface area contributed by atoms with Crippen LogP contribution in [0, 0.1) is 0 Å². The topological polar surface area (TPSA) is 51.2 Å². The molecule has 1 N–H and O–H groups in total. The van der Waals surface area contributed by atoms with Gasteiger partial charge >= 0.3 is 0 Å². The van der Waals surface area contributed by atoms with Crippen molar-refractivity contribution in [2.24, 2.45) is 0 Å². The van der Waals surface area contributed by atoms with Gasteiger partial charge in [-0.15, -0.1) is 6.58 Å². The Labute approximate surface area is 145 Å². The second kappa shape index (κ2) is 11.1. The Morgan fingerprint density at radius 2 is 1.83 bits per heavy atom. The Hall–Kier alpha value is -1.56. The quantitative estimate of drug-likeness (QED) is 0.469. The van der Waals surface area contributed by atoms with Crippen molar-refractivity contribution in [2.45, 2.75) is 39.0 Å². The Bertz CT molecular complexity index is 470. The second-order valence-electron chi connectivity index (χ2n) is 5.89. The first-order chi connectivity index (χ1) is 11.5. The first-order valence-corrected chi connectivity index (χ1v) is 8.36. The van der Waals surface area contributed by atoms with Crippen LogP contribution in [-0.2, 0) is 11.3 Å². The maximum Gasteiger partial charge on any atom is 0.122 e. The fraction of sp³-hybridized carbons (Fsp3) is 0.579. The molecular formula is C19H31NO4. The fourth-order valence-electron chi connectivity index (χ4n) is 2.46. The van der Waals surface area contributed by atoms with Gasteiger partial charge in [0.25, 0.3) is 0 Å². The van der Waals surface area contributed by atoms with Gasteiger partial charge in [0.2, 0.25) is 0 Å². The molecule has 5 heteroatoms. The molecule has 0 saturated heterocycles. The van der Waals surface area contributed by atoms with Crippen LogP contribution in [0.1, 0.15) is 25.8 Å². The first kappa shape index (κ1) is 20.5. The molecule has 24 heavy (non-hydrogen) atoms. The van der Waals surface area contributed by atoms with Crippen LogP contribution in [0.4, 0.5) is 0 Å². The van der Waals surface area contributed by atoms with E-state index in [1.54, 1.807) is 20.3 Å². The van der Waals surface area contributed by atoms with E-state index in [-0.39, 0.29) is 0 Å². The van der Waals surface area contributed by atoms with E-state index in [2.05, 4.69) is 25.3 Å². The zero-order valence-electron chi connectivity index (χ0n) is 15.3. The first-order valence-electron chi connectivity index (χ1n) is 8.36. The van der Waals surface area contributed by atoms with E-state index in [4.69, 9.17) is 14.2 Å². The third-order valence-electron chi connectivity index (χ3n) is 4.00. The predicted octanol–water partition coefficient (Wildman–Crippen LogP) is 2.87. The van der Waals surface area contributed by atoms with Gasteiger partial charge in [-0.25, -0.2) is 0 Å². The van der Waals surface area contributed by atoms with E-state index in [0.717, 1.165) is 23.5 Å². The van der Waals surface area contributed by atoms with Gasteiger partial charge in [-0.2, -0.15) is 0 Å². The van der Waals surface area contributed by atoms with Gasteiger partial charge in [0.15, 0.2) is 0 Å². The lowest BCUT2D eigenvalue weighted by atomic mass is 10.1. The summed E-state index contributed by atoms with van der Waals surface area (Å²) in [6, 6.07) is 6.20. The molecule has 1 aromatic carbocycles. The van der Waals surface area contributed by atoms with Crippen molar-refractivity contribution < 1.29 is 19.3 Å². The monoisotopic (exact) mass is 337 g/mol. The molecule has 5 nitrogen and oxygen atoms in total. The van der Waals surface area contributed by atoms with Gasteiger partial charge < -0.3 is 19.3 Å². The number of hydrogen-bond donors (Lipinski definition) is 1. The number of ether oxygens (including phenoxy) is 3. The zero-order valence-corrected chi connectivity index (χ0v) is 15.3. The number of methoxy groups -OCH3 is 2. The van der Waals surface area contributed by atoms with Gasteiger partial charge in [0, 0.05) is 25.2 Å². The molecule has 1 aromatic rings. The lowest BCUT2D eigenvalue weighted by molar-refractivity contribution is 0.0157. The maximum atomic E-state index is 10.2. The number of nitrogens with zero attached hydrogens (tertiary/aromatic N) is 1. The van der Waals surface area contributed by atoms with Gasteiger partial charge in [0.1, 0.15) is 11.5 Å². The Balaban J connectivity index is 2.80. The van der Waals surface area contributed by atoms with E-state index in [0.29, 0.717) is 32.3 Å². The Morgan fingerprint density at radius 1 is 1.21 bits per heavy atom. The Morgan fingerprint density at radius 3 is 2.33 bits per heavy atom. The summed E-state index contributed by atoms with van der Waals surface area (Å²) in [5.41, 5.74) is 1.09. The minimum absolute atomic E-state index is 0.306. The average molecular weight is 337 g/mol. The summed E-state index contributed by atoms with van der Waals surface area (Å²) in [6.07, 6.45) is 2.15. The van der Waals surface area contributed by atoms with E-state index in [9.17, 15) is 5.11 Å². The van der Waals surface area contributed by atoms with Gasteiger partial charge in [-0.3, -0.25) is 4.90 Å². The van der Waals surface area contributed by atoms with Crippen molar-refractivity contribution in [1.82, 2.24) is 4.90 Å². The highest BCUT2D eigenvalue weighted by Gasteiger charge is 2.18. The average Bonchev–Trinajstić information content (AvgIpc) is 2.60. The summed E-state index contributed by atoms with van der Waals surface area (Å²) in [7, 11) is 3.29. The van der Waals surface area contributed by atoms with Crippen molar-refractivity contribution in [3.05, 3.63) is 36.4 Å².